The third kappa shape index (κ3) is 2.76. The molecule has 4 nitrogen and oxygen atoms in total. The van der Waals surface area contributed by atoms with E-state index in [1.54, 1.807) is 4.68 Å². The average molecular weight is 373 g/mol. The smallest absolute Gasteiger partial charge is 0.333 e. The second-order valence-electron chi connectivity index (χ2n) is 5.42. The van der Waals surface area contributed by atoms with Crippen molar-refractivity contribution in [1.82, 2.24) is 13.8 Å². The predicted octanol–water partition coefficient (Wildman–Crippen LogP) is -1.31. The van der Waals surface area contributed by atoms with Gasteiger partial charge in [0.25, 0.3) is 0 Å². The topological polar surface area (TPSA) is 26.9 Å². The largest absolute Gasteiger partial charge is 1.00 e. The molecule has 0 bridgehead atoms. The summed E-state index contributed by atoms with van der Waals surface area (Å²) >= 11 is 0. The third-order valence-electron chi connectivity index (χ3n) is 3.19. The van der Waals surface area contributed by atoms with Crippen LogP contribution in [0.15, 0.2) is 35.1 Å². The standard InChI is InChI=1S/C14H20N3O.HI/c1-11-13(17(3,4)5)14(18)16(15(11)2)12-9-7-6-8-10-12;/h6-10H,1-5H3;1H/q+1;/p-1. The second kappa shape index (κ2) is 5.50. The maximum absolute atomic E-state index is 12.6. The Bertz CT molecular complexity index is 621. The van der Waals surface area contributed by atoms with E-state index in [9.17, 15) is 4.79 Å². The van der Waals surface area contributed by atoms with Gasteiger partial charge in [-0.3, -0.25) is 14.0 Å². The number of aromatic nitrogens is 2. The summed E-state index contributed by atoms with van der Waals surface area (Å²) in [5.41, 5.74) is 2.76. The average Bonchev–Trinajstić information content (AvgIpc) is 2.50. The minimum Gasteiger partial charge on any atom is -1.00 e. The quantitative estimate of drug-likeness (QED) is 0.474. The third-order valence-corrected chi connectivity index (χ3v) is 3.19. The Hall–Kier alpha value is -1.08. The lowest BCUT2D eigenvalue weighted by atomic mass is 10.3. The zero-order chi connectivity index (χ0) is 13.5. The zero-order valence-electron chi connectivity index (χ0n) is 12.0. The molecule has 0 N–H and O–H groups in total. The number of quaternary nitrogens is 1. The lowest BCUT2D eigenvalue weighted by Gasteiger charge is -2.21. The van der Waals surface area contributed by atoms with Crippen LogP contribution < -0.4 is 34.0 Å². The van der Waals surface area contributed by atoms with Crippen molar-refractivity contribution in [2.75, 3.05) is 21.1 Å². The molecule has 0 fully saturated rings. The van der Waals surface area contributed by atoms with Crippen LogP contribution in [-0.2, 0) is 7.05 Å². The van der Waals surface area contributed by atoms with E-state index in [-0.39, 0.29) is 29.5 Å². The maximum atomic E-state index is 12.6. The van der Waals surface area contributed by atoms with Gasteiger partial charge in [0.15, 0.2) is 0 Å². The van der Waals surface area contributed by atoms with E-state index in [1.807, 2.05) is 70.1 Å². The van der Waals surface area contributed by atoms with Crippen molar-refractivity contribution in [2.24, 2.45) is 7.05 Å². The minimum atomic E-state index is 0. The molecular formula is C14H20IN3O. The molecule has 2 rings (SSSR count). The molecule has 0 saturated heterocycles. The lowest BCUT2D eigenvalue weighted by molar-refractivity contribution is -0.00000421. The molecular weight excluding hydrogens is 353 g/mol. The molecule has 0 saturated carbocycles. The van der Waals surface area contributed by atoms with E-state index in [0.717, 1.165) is 17.1 Å². The van der Waals surface area contributed by atoms with Gasteiger partial charge in [0, 0.05) is 7.05 Å². The highest BCUT2D eigenvalue weighted by Crippen LogP contribution is 2.19. The second-order valence-corrected chi connectivity index (χ2v) is 5.42. The molecule has 1 heterocycles. The van der Waals surface area contributed by atoms with Crippen LogP contribution in [0.3, 0.4) is 0 Å². The number of nitrogens with zero attached hydrogens (tertiary/aromatic N) is 3. The van der Waals surface area contributed by atoms with Crippen LogP contribution in [0, 0.1) is 6.92 Å². The SMILES string of the molecule is Cc1c([N+](C)(C)C)c(=O)n(-c2ccccc2)n1C.[I-]. The molecule has 0 atom stereocenters. The Morgan fingerprint density at radius 3 is 2.00 bits per heavy atom. The van der Waals surface area contributed by atoms with Crippen molar-refractivity contribution in [2.45, 2.75) is 6.92 Å². The van der Waals surface area contributed by atoms with E-state index in [4.69, 9.17) is 0 Å². The first-order valence-electron chi connectivity index (χ1n) is 6.00. The molecule has 0 aliphatic rings. The summed E-state index contributed by atoms with van der Waals surface area (Å²) in [5.74, 6) is 0. The Labute approximate surface area is 130 Å². The highest BCUT2D eigenvalue weighted by Gasteiger charge is 2.27. The van der Waals surface area contributed by atoms with E-state index >= 15 is 0 Å². The van der Waals surface area contributed by atoms with Crippen molar-refractivity contribution in [3.05, 3.63) is 46.4 Å². The van der Waals surface area contributed by atoms with Crippen LogP contribution in [0.5, 0.6) is 0 Å². The normalized spacial score (nSPS) is 11.2. The summed E-state index contributed by atoms with van der Waals surface area (Å²) in [6.07, 6.45) is 0. The molecule has 1 aromatic carbocycles. The van der Waals surface area contributed by atoms with Crippen LogP contribution in [0.4, 0.5) is 5.69 Å². The summed E-state index contributed by atoms with van der Waals surface area (Å²) < 4.78 is 4.16. The van der Waals surface area contributed by atoms with Gasteiger partial charge in [0.1, 0.15) is 0 Å². The van der Waals surface area contributed by atoms with Gasteiger partial charge in [-0.2, -0.15) is 0 Å². The molecule has 104 valence electrons. The summed E-state index contributed by atoms with van der Waals surface area (Å²) in [7, 11) is 7.96. The molecule has 19 heavy (non-hydrogen) atoms. The number of hydrogen-bond acceptors (Lipinski definition) is 1. The zero-order valence-corrected chi connectivity index (χ0v) is 14.2. The lowest BCUT2D eigenvalue weighted by Crippen LogP contribution is -3.00. The first-order chi connectivity index (χ1) is 8.34. The number of benzene rings is 1. The fourth-order valence-corrected chi connectivity index (χ4v) is 2.33. The van der Waals surface area contributed by atoms with Gasteiger partial charge in [-0.15, -0.1) is 0 Å². The van der Waals surface area contributed by atoms with Crippen LogP contribution in [0.25, 0.3) is 5.69 Å². The van der Waals surface area contributed by atoms with Crippen LogP contribution >= 0.6 is 0 Å². The monoisotopic (exact) mass is 373 g/mol. The molecule has 5 heteroatoms. The number of para-hydroxylation sites is 1. The summed E-state index contributed by atoms with van der Waals surface area (Å²) in [6, 6.07) is 9.72. The van der Waals surface area contributed by atoms with E-state index in [2.05, 4.69) is 0 Å². The highest BCUT2D eigenvalue weighted by atomic mass is 127. The molecule has 0 amide bonds. The summed E-state index contributed by atoms with van der Waals surface area (Å²) in [4.78, 5) is 12.6. The Balaban J connectivity index is 0.00000180. The van der Waals surface area contributed by atoms with Crippen molar-refractivity contribution < 1.29 is 24.0 Å². The van der Waals surface area contributed by atoms with E-state index < -0.39 is 0 Å². The Morgan fingerprint density at radius 2 is 1.58 bits per heavy atom. The molecule has 0 spiro atoms. The highest BCUT2D eigenvalue weighted by molar-refractivity contribution is 5.47. The van der Waals surface area contributed by atoms with Gasteiger partial charge in [-0.05, 0) is 19.1 Å². The van der Waals surface area contributed by atoms with Crippen molar-refractivity contribution in [3.63, 3.8) is 0 Å². The van der Waals surface area contributed by atoms with Crippen LogP contribution in [-0.4, -0.2) is 30.5 Å². The molecule has 1 aromatic heterocycles. The van der Waals surface area contributed by atoms with Gasteiger partial charge in [-0.1, -0.05) is 18.2 Å². The van der Waals surface area contributed by atoms with Crippen LogP contribution in [0.1, 0.15) is 5.69 Å². The first-order valence-corrected chi connectivity index (χ1v) is 6.00. The van der Waals surface area contributed by atoms with Crippen molar-refractivity contribution in [1.29, 1.82) is 0 Å². The number of hydrogen-bond donors (Lipinski definition) is 0. The minimum absolute atomic E-state index is 0. The van der Waals surface area contributed by atoms with Crippen molar-refractivity contribution >= 4 is 5.69 Å². The molecule has 0 unspecified atom stereocenters. The number of rotatable bonds is 2. The van der Waals surface area contributed by atoms with E-state index in [0.29, 0.717) is 4.48 Å². The number of halogens is 1. The van der Waals surface area contributed by atoms with Gasteiger partial charge in [0.2, 0.25) is 5.69 Å². The molecule has 0 aliphatic heterocycles. The van der Waals surface area contributed by atoms with E-state index in [1.165, 1.54) is 0 Å². The van der Waals surface area contributed by atoms with Crippen molar-refractivity contribution in [3.8, 4) is 5.69 Å². The van der Waals surface area contributed by atoms with Gasteiger partial charge >= 0.3 is 5.56 Å². The summed E-state index contributed by atoms with van der Waals surface area (Å²) in [5, 5.41) is 0. The Kier molecular flexibility index (Phi) is 4.63. The summed E-state index contributed by atoms with van der Waals surface area (Å²) in [6.45, 7) is 1.99. The van der Waals surface area contributed by atoms with Gasteiger partial charge in [-0.25, -0.2) is 4.68 Å². The molecule has 0 aliphatic carbocycles. The first kappa shape index (κ1) is 16.0. The van der Waals surface area contributed by atoms with Gasteiger partial charge in [0.05, 0.1) is 32.5 Å². The van der Waals surface area contributed by atoms with Crippen LogP contribution in [0.2, 0.25) is 0 Å². The Morgan fingerprint density at radius 1 is 1.05 bits per heavy atom. The molecule has 2 aromatic rings. The fourth-order valence-electron chi connectivity index (χ4n) is 2.33. The maximum Gasteiger partial charge on any atom is 0.333 e. The predicted molar refractivity (Wildman–Crippen MR) is 75.3 cm³/mol. The molecule has 0 radical (unpaired) electrons. The van der Waals surface area contributed by atoms with Gasteiger partial charge < -0.3 is 24.0 Å². The fraction of sp³-hybridized carbons (Fsp3) is 0.357.